The highest BCUT2D eigenvalue weighted by Crippen LogP contribution is 2.28. The fourth-order valence-electron chi connectivity index (χ4n) is 1.77. The van der Waals surface area contributed by atoms with Gasteiger partial charge in [0.2, 0.25) is 5.56 Å². The Bertz CT molecular complexity index is 664. The van der Waals surface area contributed by atoms with Crippen LogP contribution in [0.4, 0.5) is 13.2 Å². The van der Waals surface area contributed by atoms with Crippen LogP contribution in [0.3, 0.4) is 0 Å². The lowest BCUT2D eigenvalue weighted by Gasteiger charge is -2.11. The molecule has 2 N–H and O–H groups in total. The molecule has 0 saturated heterocycles. The van der Waals surface area contributed by atoms with Crippen LogP contribution in [0.2, 0.25) is 0 Å². The topological polar surface area (TPSA) is 62.3 Å². The second-order valence-corrected chi connectivity index (χ2v) is 3.95. The molecule has 0 spiro atoms. The number of hydrogen-bond acceptors (Lipinski definition) is 3. The van der Waals surface area contributed by atoms with Gasteiger partial charge in [0, 0.05) is 11.6 Å². The molecule has 1 aromatic carbocycles. The minimum absolute atomic E-state index is 0.224. The van der Waals surface area contributed by atoms with E-state index in [-0.39, 0.29) is 11.4 Å². The number of benzene rings is 1. The number of ether oxygens (including phenoxy) is 1. The van der Waals surface area contributed by atoms with Gasteiger partial charge in [0.1, 0.15) is 5.75 Å². The Morgan fingerprint density at radius 3 is 2.60 bits per heavy atom. The lowest BCUT2D eigenvalue weighted by atomic mass is 10.0. The van der Waals surface area contributed by atoms with E-state index >= 15 is 0 Å². The average Bonchev–Trinajstić information content (AvgIpc) is 2.36. The minimum Gasteiger partial charge on any atom is -0.406 e. The van der Waals surface area contributed by atoms with Crippen molar-refractivity contribution in [3.05, 3.63) is 52.4 Å². The van der Waals surface area contributed by atoms with Crippen LogP contribution in [0.1, 0.15) is 5.69 Å². The molecule has 0 atom stereocenters. The molecule has 4 nitrogen and oxygen atoms in total. The van der Waals surface area contributed by atoms with Gasteiger partial charge in [-0.25, -0.2) is 0 Å². The molecule has 106 valence electrons. The standard InChI is InChI=1S/C13H10F3NO3/c14-13(15,16)20-9-3-1-2-8(6-9)10-4-5-12(19)17-11(10)7-18/h1-6,18H,7H2,(H,17,19). The summed E-state index contributed by atoms with van der Waals surface area (Å²) >= 11 is 0. The van der Waals surface area contributed by atoms with E-state index in [1.807, 2.05) is 0 Å². The lowest BCUT2D eigenvalue weighted by molar-refractivity contribution is -0.274. The number of aromatic nitrogens is 1. The normalized spacial score (nSPS) is 11.4. The SMILES string of the molecule is O=c1ccc(-c2cccc(OC(F)(F)F)c2)c(CO)[nH]1. The summed E-state index contributed by atoms with van der Waals surface area (Å²) in [6, 6.07) is 7.95. The molecule has 7 heteroatoms. The zero-order chi connectivity index (χ0) is 14.8. The van der Waals surface area contributed by atoms with Gasteiger partial charge in [0.05, 0.1) is 12.3 Å². The van der Waals surface area contributed by atoms with Gasteiger partial charge < -0.3 is 14.8 Å². The highest BCUT2D eigenvalue weighted by atomic mass is 19.4. The summed E-state index contributed by atoms with van der Waals surface area (Å²) < 4.78 is 40.3. The van der Waals surface area contributed by atoms with Crippen molar-refractivity contribution < 1.29 is 23.0 Å². The van der Waals surface area contributed by atoms with E-state index in [0.717, 1.165) is 0 Å². The zero-order valence-corrected chi connectivity index (χ0v) is 10.1. The fraction of sp³-hybridized carbons (Fsp3) is 0.154. The average molecular weight is 285 g/mol. The Labute approximate surface area is 111 Å². The summed E-state index contributed by atoms with van der Waals surface area (Å²) in [7, 11) is 0. The summed E-state index contributed by atoms with van der Waals surface area (Å²) in [5.74, 6) is -0.370. The van der Waals surface area contributed by atoms with Crippen LogP contribution in [0.5, 0.6) is 5.75 Å². The third-order valence-corrected chi connectivity index (χ3v) is 2.54. The van der Waals surface area contributed by atoms with Crippen molar-refractivity contribution in [2.75, 3.05) is 0 Å². The van der Waals surface area contributed by atoms with Gasteiger partial charge in [-0.1, -0.05) is 12.1 Å². The molecule has 0 saturated carbocycles. The molecule has 1 aromatic heterocycles. The van der Waals surface area contributed by atoms with Gasteiger partial charge in [-0.15, -0.1) is 13.2 Å². The number of hydrogen-bond donors (Lipinski definition) is 2. The van der Waals surface area contributed by atoms with Gasteiger partial charge in [0.15, 0.2) is 0 Å². The Morgan fingerprint density at radius 1 is 1.20 bits per heavy atom. The molecule has 0 fully saturated rings. The smallest absolute Gasteiger partial charge is 0.406 e. The lowest BCUT2D eigenvalue weighted by Crippen LogP contribution is -2.17. The van der Waals surface area contributed by atoms with Crippen molar-refractivity contribution in [2.24, 2.45) is 0 Å². The van der Waals surface area contributed by atoms with Crippen LogP contribution in [-0.2, 0) is 6.61 Å². The molecule has 2 rings (SSSR count). The fourth-order valence-corrected chi connectivity index (χ4v) is 1.77. The third-order valence-electron chi connectivity index (χ3n) is 2.54. The number of pyridine rings is 1. The predicted octanol–water partition coefficient (Wildman–Crippen LogP) is 2.43. The van der Waals surface area contributed by atoms with E-state index in [4.69, 9.17) is 0 Å². The van der Waals surface area contributed by atoms with Crippen LogP contribution in [0.25, 0.3) is 11.1 Å². The molecular weight excluding hydrogens is 275 g/mol. The van der Waals surface area contributed by atoms with Gasteiger partial charge in [-0.05, 0) is 23.8 Å². The molecule has 0 radical (unpaired) electrons. The van der Waals surface area contributed by atoms with Crippen LogP contribution in [0, 0.1) is 0 Å². The highest BCUT2D eigenvalue weighted by Gasteiger charge is 2.31. The van der Waals surface area contributed by atoms with Crippen molar-refractivity contribution in [1.82, 2.24) is 4.98 Å². The third kappa shape index (κ3) is 3.39. The van der Waals surface area contributed by atoms with Crippen LogP contribution < -0.4 is 10.3 Å². The van der Waals surface area contributed by atoms with E-state index in [2.05, 4.69) is 9.72 Å². The summed E-state index contributed by atoms with van der Waals surface area (Å²) in [5.41, 5.74) is 0.647. The maximum absolute atomic E-state index is 12.2. The quantitative estimate of drug-likeness (QED) is 0.910. The Hall–Kier alpha value is -2.28. The van der Waals surface area contributed by atoms with Crippen LogP contribution >= 0.6 is 0 Å². The summed E-state index contributed by atoms with van der Waals surface area (Å²) in [6.45, 7) is -0.435. The maximum Gasteiger partial charge on any atom is 0.573 e. The number of alkyl halides is 3. The largest absolute Gasteiger partial charge is 0.573 e. The molecule has 0 unspecified atom stereocenters. The first-order chi connectivity index (χ1) is 9.39. The maximum atomic E-state index is 12.2. The second-order valence-electron chi connectivity index (χ2n) is 3.95. The van der Waals surface area contributed by atoms with Crippen LogP contribution in [0.15, 0.2) is 41.2 Å². The molecule has 0 aliphatic rings. The van der Waals surface area contributed by atoms with Gasteiger partial charge in [0.25, 0.3) is 0 Å². The monoisotopic (exact) mass is 285 g/mol. The molecule has 0 aliphatic heterocycles. The summed E-state index contributed by atoms with van der Waals surface area (Å²) in [6.07, 6.45) is -4.77. The Kier molecular flexibility index (Phi) is 3.80. The predicted molar refractivity (Wildman–Crippen MR) is 65.1 cm³/mol. The number of H-pyrrole nitrogens is 1. The van der Waals surface area contributed by atoms with Gasteiger partial charge in [-0.2, -0.15) is 0 Å². The highest BCUT2D eigenvalue weighted by molar-refractivity contribution is 5.67. The van der Waals surface area contributed by atoms with Gasteiger partial charge >= 0.3 is 6.36 Å². The minimum atomic E-state index is -4.77. The first-order valence-electron chi connectivity index (χ1n) is 5.58. The van der Waals surface area contributed by atoms with E-state index in [0.29, 0.717) is 11.1 Å². The van der Waals surface area contributed by atoms with Crippen molar-refractivity contribution in [3.8, 4) is 16.9 Å². The number of aromatic amines is 1. The molecular formula is C13H10F3NO3. The van der Waals surface area contributed by atoms with Crippen molar-refractivity contribution in [3.63, 3.8) is 0 Å². The van der Waals surface area contributed by atoms with Crippen molar-refractivity contribution >= 4 is 0 Å². The van der Waals surface area contributed by atoms with Crippen LogP contribution in [-0.4, -0.2) is 16.5 Å². The van der Waals surface area contributed by atoms with E-state index in [1.54, 1.807) is 6.07 Å². The summed E-state index contributed by atoms with van der Waals surface area (Å²) in [4.78, 5) is 13.6. The molecule has 1 heterocycles. The molecule has 0 aliphatic carbocycles. The molecule has 2 aromatic rings. The molecule has 0 amide bonds. The van der Waals surface area contributed by atoms with E-state index in [1.165, 1.54) is 30.3 Å². The number of rotatable bonds is 3. The second kappa shape index (κ2) is 5.38. The van der Waals surface area contributed by atoms with E-state index < -0.39 is 18.5 Å². The van der Waals surface area contributed by atoms with Gasteiger partial charge in [-0.3, -0.25) is 4.79 Å². The number of halogens is 3. The first kappa shape index (κ1) is 14.1. The van der Waals surface area contributed by atoms with Crippen molar-refractivity contribution in [2.45, 2.75) is 13.0 Å². The van der Waals surface area contributed by atoms with Crippen molar-refractivity contribution in [1.29, 1.82) is 0 Å². The summed E-state index contributed by atoms with van der Waals surface area (Å²) in [5, 5.41) is 9.18. The Morgan fingerprint density at radius 2 is 1.95 bits per heavy atom. The number of aliphatic hydroxyl groups excluding tert-OH is 1. The molecule has 20 heavy (non-hydrogen) atoms. The van der Waals surface area contributed by atoms with E-state index in [9.17, 15) is 23.1 Å². The molecule has 0 bridgehead atoms. The first-order valence-corrected chi connectivity index (χ1v) is 5.58. The Balaban J connectivity index is 2.43. The number of aliphatic hydroxyl groups is 1. The zero-order valence-electron chi connectivity index (χ0n) is 10.1. The number of nitrogens with one attached hydrogen (secondary N) is 1.